The summed E-state index contributed by atoms with van der Waals surface area (Å²) in [6.45, 7) is 1.58. The van der Waals surface area contributed by atoms with Gasteiger partial charge in [0.05, 0.1) is 4.88 Å². The quantitative estimate of drug-likeness (QED) is 0.716. The molecular weight excluding hydrogens is 352 g/mol. The molecule has 1 saturated carbocycles. The largest absolute Gasteiger partial charge is 0.422 e. The maximum absolute atomic E-state index is 12.4. The van der Waals surface area contributed by atoms with Crippen LogP contribution >= 0.6 is 11.3 Å². The molecule has 1 unspecified atom stereocenters. The van der Waals surface area contributed by atoms with E-state index in [0.29, 0.717) is 10.9 Å². The number of hydrogen-bond acceptors (Lipinski definition) is 7. The van der Waals surface area contributed by atoms with Crippen LogP contribution in [0.2, 0.25) is 0 Å². The lowest BCUT2D eigenvalue weighted by molar-refractivity contribution is 0.0901. The van der Waals surface area contributed by atoms with Crippen molar-refractivity contribution < 1.29 is 14.3 Å². The van der Waals surface area contributed by atoms with Crippen LogP contribution < -0.4 is 5.32 Å². The zero-order valence-electron chi connectivity index (χ0n) is 14.1. The molecule has 2 heterocycles. The van der Waals surface area contributed by atoms with Crippen LogP contribution in [0.1, 0.15) is 53.4 Å². The molecule has 1 aliphatic rings. The molecule has 2 N–H and O–H groups in total. The predicted molar refractivity (Wildman–Crippen MR) is 95.7 cm³/mol. The number of aromatic nitrogens is 3. The molecule has 1 aromatic carbocycles. The van der Waals surface area contributed by atoms with E-state index in [0.717, 1.165) is 23.3 Å². The number of hydrogen-bond donors (Lipinski definition) is 2. The van der Waals surface area contributed by atoms with Crippen molar-refractivity contribution in [1.29, 1.82) is 0 Å². The molecule has 0 aliphatic heterocycles. The normalized spacial score (nSPS) is 20.4. The Bertz CT molecular complexity index is 900. The predicted octanol–water partition coefficient (Wildman–Crippen LogP) is 2.92. The highest BCUT2D eigenvalue weighted by Gasteiger charge is 2.35. The Balaban J connectivity index is 1.33. The van der Waals surface area contributed by atoms with E-state index in [1.165, 1.54) is 11.3 Å². The minimum atomic E-state index is -0.768. The zero-order valence-corrected chi connectivity index (χ0v) is 14.9. The number of thiazole rings is 1. The third-order valence-corrected chi connectivity index (χ3v) is 5.44. The van der Waals surface area contributed by atoms with Crippen molar-refractivity contribution in [2.45, 2.75) is 37.8 Å². The minimum Gasteiger partial charge on any atom is -0.422 e. The molecule has 2 aromatic heterocycles. The molecule has 1 atom stereocenters. The van der Waals surface area contributed by atoms with E-state index < -0.39 is 6.10 Å². The standard InChI is InChI=1S/C18H18N4O3S/c1-10(23)16-21-22-17(25-16)12-7-13(8-12)20-15(24)18-19-9-14(26-18)11-5-3-2-4-6-11/h2-6,9-10,12-13,23H,7-8H2,1H3,(H,20,24). The van der Waals surface area contributed by atoms with Gasteiger partial charge in [-0.1, -0.05) is 30.3 Å². The third-order valence-electron chi connectivity index (χ3n) is 4.39. The van der Waals surface area contributed by atoms with E-state index in [1.54, 1.807) is 13.1 Å². The summed E-state index contributed by atoms with van der Waals surface area (Å²) in [6, 6.07) is 9.94. The topological polar surface area (TPSA) is 101 Å². The summed E-state index contributed by atoms with van der Waals surface area (Å²) < 4.78 is 5.44. The summed E-state index contributed by atoms with van der Waals surface area (Å²) in [5.74, 6) is 0.711. The van der Waals surface area contributed by atoms with Crippen LogP contribution in [0.5, 0.6) is 0 Å². The number of carbonyl (C=O) groups is 1. The van der Waals surface area contributed by atoms with Crippen LogP contribution in [0.25, 0.3) is 10.4 Å². The second kappa shape index (κ2) is 6.97. The SMILES string of the molecule is CC(O)c1nnc(C2CC(NC(=O)c3ncc(-c4ccccc4)s3)C2)o1. The van der Waals surface area contributed by atoms with Crippen molar-refractivity contribution in [3.05, 3.63) is 53.3 Å². The minimum absolute atomic E-state index is 0.0680. The first kappa shape index (κ1) is 16.9. The number of rotatable bonds is 5. The van der Waals surface area contributed by atoms with Gasteiger partial charge in [0.2, 0.25) is 11.8 Å². The van der Waals surface area contributed by atoms with E-state index in [1.807, 2.05) is 30.3 Å². The van der Waals surface area contributed by atoms with Crippen LogP contribution in [0.3, 0.4) is 0 Å². The van der Waals surface area contributed by atoms with Gasteiger partial charge >= 0.3 is 0 Å². The highest BCUT2D eigenvalue weighted by molar-refractivity contribution is 7.16. The van der Waals surface area contributed by atoms with Gasteiger partial charge in [0.25, 0.3) is 5.91 Å². The first-order valence-electron chi connectivity index (χ1n) is 8.43. The lowest BCUT2D eigenvalue weighted by atomic mass is 9.80. The Kier molecular flexibility index (Phi) is 4.52. The third kappa shape index (κ3) is 3.38. The summed E-state index contributed by atoms with van der Waals surface area (Å²) in [6.07, 6.45) is 2.44. The lowest BCUT2D eigenvalue weighted by Crippen LogP contribution is -2.43. The van der Waals surface area contributed by atoms with Gasteiger partial charge in [-0.3, -0.25) is 4.79 Å². The van der Waals surface area contributed by atoms with Gasteiger partial charge < -0.3 is 14.8 Å². The molecule has 7 nitrogen and oxygen atoms in total. The zero-order chi connectivity index (χ0) is 18.1. The number of nitrogens with one attached hydrogen (secondary N) is 1. The van der Waals surface area contributed by atoms with Crippen molar-refractivity contribution in [2.75, 3.05) is 0 Å². The van der Waals surface area contributed by atoms with E-state index in [9.17, 15) is 9.90 Å². The lowest BCUT2D eigenvalue weighted by Gasteiger charge is -2.33. The summed E-state index contributed by atoms with van der Waals surface area (Å²) in [7, 11) is 0. The maximum Gasteiger partial charge on any atom is 0.280 e. The molecule has 8 heteroatoms. The molecule has 0 saturated heterocycles. The van der Waals surface area contributed by atoms with Crippen LogP contribution in [0.15, 0.2) is 40.9 Å². The van der Waals surface area contributed by atoms with Crippen molar-refractivity contribution in [1.82, 2.24) is 20.5 Å². The van der Waals surface area contributed by atoms with Crippen LogP contribution in [0.4, 0.5) is 0 Å². The second-order valence-corrected chi connectivity index (χ2v) is 7.42. The fourth-order valence-electron chi connectivity index (χ4n) is 2.88. The second-order valence-electron chi connectivity index (χ2n) is 6.39. The molecule has 4 rings (SSSR count). The average molecular weight is 370 g/mol. The number of amides is 1. The highest BCUT2D eigenvalue weighted by atomic mass is 32.1. The molecule has 134 valence electrons. The number of aliphatic hydroxyl groups excluding tert-OH is 1. The van der Waals surface area contributed by atoms with Crippen LogP contribution in [-0.4, -0.2) is 32.2 Å². The van der Waals surface area contributed by atoms with E-state index in [2.05, 4.69) is 20.5 Å². The Morgan fingerprint density at radius 1 is 1.31 bits per heavy atom. The summed E-state index contributed by atoms with van der Waals surface area (Å²) in [4.78, 5) is 17.6. The smallest absolute Gasteiger partial charge is 0.280 e. The van der Waals surface area contributed by atoms with Gasteiger partial charge in [0.15, 0.2) is 5.01 Å². The Labute approximate surface area is 154 Å². The van der Waals surface area contributed by atoms with Crippen LogP contribution in [-0.2, 0) is 0 Å². The Morgan fingerprint density at radius 2 is 2.08 bits per heavy atom. The van der Waals surface area contributed by atoms with Gasteiger partial charge in [-0.2, -0.15) is 0 Å². The number of carbonyl (C=O) groups excluding carboxylic acids is 1. The Hall–Kier alpha value is -2.58. The number of aliphatic hydroxyl groups is 1. The molecule has 0 spiro atoms. The van der Waals surface area contributed by atoms with Crippen molar-refractivity contribution in [2.24, 2.45) is 0 Å². The fraction of sp³-hybridized carbons (Fsp3) is 0.333. The van der Waals surface area contributed by atoms with Crippen molar-refractivity contribution in [3.63, 3.8) is 0 Å². The first-order valence-corrected chi connectivity index (χ1v) is 9.25. The molecule has 3 aromatic rings. The Morgan fingerprint density at radius 3 is 2.77 bits per heavy atom. The monoisotopic (exact) mass is 370 g/mol. The molecule has 1 amide bonds. The summed E-state index contributed by atoms with van der Waals surface area (Å²) in [5.41, 5.74) is 1.05. The molecule has 0 bridgehead atoms. The van der Waals surface area contributed by atoms with Gasteiger partial charge in [0, 0.05) is 18.2 Å². The highest BCUT2D eigenvalue weighted by Crippen LogP contribution is 2.37. The molecule has 0 radical (unpaired) electrons. The van der Waals surface area contributed by atoms with E-state index in [4.69, 9.17) is 4.42 Å². The molecular formula is C18H18N4O3S. The van der Waals surface area contributed by atoms with Gasteiger partial charge in [-0.05, 0) is 25.3 Å². The van der Waals surface area contributed by atoms with E-state index in [-0.39, 0.29) is 23.8 Å². The van der Waals surface area contributed by atoms with Gasteiger partial charge in [-0.15, -0.1) is 21.5 Å². The molecule has 1 fully saturated rings. The van der Waals surface area contributed by atoms with Gasteiger partial charge in [-0.25, -0.2) is 4.98 Å². The van der Waals surface area contributed by atoms with Crippen LogP contribution in [0, 0.1) is 0 Å². The van der Waals surface area contributed by atoms with Crippen molar-refractivity contribution >= 4 is 17.2 Å². The fourth-order valence-corrected chi connectivity index (χ4v) is 3.70. The summed E-state index contributed by atoms with van der Waals surface area (Å²) in [5, 5.41) is 20.7. The molecule has 1 aliphatic carbocycles. The number of nitrogens with zero attached hydrogens (tertiary/aromatic N) is 3. The summed E-state index contributed by atoms with van der Waals surface area (Å²) >= 11 is 1.38. The average Bonchev–Trinajstić information content (AvgIpc) is 3.28. The first-order chi connectivity index (χ1) is 12.6. The maximum atomic E-state index is 12.4. The molecule has 26 heavy (non-hydrogen) atoms. The van der Waals surface area contributed by atoms with E-state index >= 15 is 0 Å². The number of benzene rings is 1. The van der Waals surface area contributed by atoms with Gasteiger partial charge in [0.1, 0.15) is 6.10 Å². The van der Waals surface area contributed by atoms with Crippen molar-refractivity contribution in [3.8, 4) is 10.4 Å².